The van der Waals surface area contributed by atoms with E-state index in [4.69, 9.17) is 5.73 Å². The van der Waals surface area contributed by atoms with Gasteiger partial charge in [0.1, 0.15) is 18.2 Å². The van der Waals surface area contributed by atoms with E-state index in [9.17, 15) is 14.0 Å². The zero-order valence-electron chi connectivity index (χ0n) is 9.70. The topological polar surface area (TPSA) is 106 Å². The molecule has 98 valence electrons. The molecule has 18 heavy (non-hydrogen) atoms. The number of carbonyl (C=O) groups is 2. The molecule has 0 aliphatic carbocycles. The van der Waals surface area contributed by atoms with Crippen molar-refractivity contribution < 1.29 is 18.7 Å². The Morgan fingerprint density at radius 2 is 2.28 bits per heavy atom. The second kappa shape index (κ2) is 6.38. The first-order valence-corrected chi connectivity index (χ1v) is 5.08. The molecule has 0 aromatic carbocycles. The Morgan fingerprint density at radius 3 is 2.89 bits per heavy atom. The van der Waals surface area contributed by atoms with Crippen LogP contribution in [0.5, 0.6) is 0 Å². The highest BCUT2D eigenvalue weighted by atomic mass is 19.1. The molecule has 1 rings (SSSR count). The third kappa shape index (κ3) is 3.89. The van der Waals surface area contributed by atoms with Gasteiger partial charge in [-0.25, -0.2) is 14.2 Å². The molecule has 2 amide bonds. The van der Waals surface area contributed by atoms with E-state index < -0.39 is 17.8 Å². The third-order valence-corrected chi connectivity index (χ3v) is 1.97. The molecule has 1 heterocycles. The van der Waals surface area contributed by atoms with Crippen LogP contribution in [0.3, 0.4) is 0 Å². The summed E-state index contributed by atoms with van der Waals surface area (Å²) in [6.45, 7) is 0.0140. The summed E-state index contributed by atoms with van der Waals surface area (Å²) >= 11 is 0. The fourth-order valence-corrected chi connectivity index (χ4v) is 1.22. The summed E-state index contributed by atoms with van der Waals surface area (Å²) in [6.07, 6.45) is 0.0753. The van der Waals surface area contributed by atoms with Crippen LogP contribution in [-0.4, -0.2) is 37.2 Å². The average Bonchev–Trinajstić information content (AvgIpc) is 2.34. The molecule has 0 aliphatic heterocycles. The van der Waals surface area contributed by atoms with Gasteiger partial charge in [0.25, 0.3) is 5.91 Å². The molecule has 1 aromatic heterocycles. The average molecular weight is 256 g/mol. The first-order chi connectivity index (χ1) is 8.54. The van der Waals surface area contributed by atoms with Crippen LogP contribution in [0.2, 0.25) is 0 Å². The minimum atomic E-state index is -0.924. The summed E-state index contributed by atoms with van der Waals surface area (Å²) in [6, 6.07) is 1.06. The quantitative estimate of drug-likeness (QED) is 0.647. The van der Waals surface area contributed by atoms with Gasteiger partial charge in [0.2, 0.25) is 0 Å². The van der Waals surface area contributed by atoms with Gasteiger partial charge in [-0.1, -0.05) is 0 Å². The second-order valence-corrected chi connectivity index (χ2v) is 3.22. The lowest BCUT2D eigenvalue weighted by molar-refractivity contribution is 0.0937. The summed E-state index contributed by atoms with van der Waals surface area (Å²) < 4.78 is 17.4. The number of carbonyl (C=O) groups excluding carboxylic acids is 2. The minimum absolute atomic E-state index is 0.0568. The molecule has 0 saturated heterocycles. The monoisotopic (exact) mass is 256 g/mol. The summed E-state index contributed by atoms with van der Waals surface area (Å²) in [7, 11) is 1.56. The van der Waals surface area contributed by atoms with Crippen molar-refractivity contribution in [2.24, 2.45) is 5.73 Å². The number of aromatic nitrogens is 1. The number of rotatable bonds is 5. The number of hydrogen-bond donors (Lipinski definition) is 3. The molecular weight excluding hydrogens is 243 g/mol. The van der Waals surface area contributed by atoms with E-state index in [2.05, 4.69) is 20.4 Å². The van der Waals surface area contributed by atoms with E-state index in [0.717, 1.165) is 12.3 Å². The summed E-state index contributed by atoms with van der Waals surface area (Å²) in [5, 5.41) is 5.11. The van der Waals surface area contributed by atoms with Crippen LogP contribution >= 0.6 is 0 Å². The number of nitrogens with zero attached hydrogens (tertiary/aromatic N) is 1. The molecule has 0 saturated carbocycles. The molecular formula is C10H13FN4O3. The molecule has 0 fully saturated rings. The van der Waals surface area contributed by atoms with Gasteiger partial charge in [0.05, 0.1) is 18.3 Å². The number of anilines is 1. The maximum atomic E-state index is 13.0. The SMILES string of the molecule is CNc1ncc(F)cc1C(=O)NCCOC(N)=O. The lowest BCUT2D eigenvalue weighted by Gasteiger charge is -2.08. The fraction of sp³-hybridized carbons (Fsp3) is 0.300. The number of pyridine rings is 1. The van der Waals surface area contributed by atoms with Gasteiger partial charge in [0.15, 0.2) is 0 Å². The highest BCUT2D eigenvalue weighted by Gasteiger charge is 2.12. The van der Waals surface area contributed by atoms with E-state index >= 15 is 0 Å². The van der Waals surface area contributed by atoms with Crippen molar-refractivity contribution >= 4 is 17.8 Å². The number of ether oxygens (including phenoxy) is 1. The largest absolute Gasteiger partial charge is 0.448 e. The third-order valence-electron chi connectivity index (χ3n) is 1.97. The van der Waals surface area contributed by atoms with E-state index in [1.54, 1.807) is 7.05 Å². The standard InChI is InChI=1S/C10H13FN4O3/c1-13-8-7(4-6(11)5-15-8)9(16)14-2-3-18-10(12)17/h4-5H,2-3H2,1H3,(H2,12,17)(H,13,15)(H,14,16). The Kier molecular flexibility index (Phi) is 4.85. The van der Waals surface area contributed by atoms with Crippen LogP contribution in [0.1, 0.15) is 10.4 Å². The number of halogens is 1. The maximum Gasteiger partial charge on any atom is 0.404 e. The highest BCUT2D eigenvalue weighted by Crippen LogP contribution is 2.12. The zero-order valence-corrected chi connectivity index (χ0v) is 9.70. The van der Waals surface area contributed by atoms with Crippen LogP contribution in [0.4, 0.5) is 15.0 Å². The zero-order chi connectivity index (χ0) is 13.5. The van der Waals surface area contributed by atoms with Crippen LogP contribution in [-0.2, 0) is 4.74 Å². The van der Waals surface area contributed by atoms with Gasteiger partial charge in [-0.15, -0.1) is 0 Å². The number of hydrogen-bond acceptors (Lipinski definition) is 5. The molecule has 4 N–H and O–H groups in total. The molecule has 8 heteroatoms. The summed E-state index contributed by atoms with van der Waals surface area (Å²) in [5.74, 6) is -0.892. The molecule has 7 nitrogen and oxygen atoms in total. The number of nitrogens with one attached hydrogen (secondary N) is 2. The Balaban J connectivity index is 2.60. The normalized spacial score (nSPS) is 9.67. The van der Waals surface area contributed by atoms with E-state index in [1.807, 2.05) is 0 Å². The molecule has 0 radical (unpaired) electrons. The van der Waals surface area contributed by atoms with E-state index in [1.165, 1.54) is 0 Å². The Morgan fingerprint density at radius 1 is 1.56 bits per heavy atom. The number of nitrogens with two attached hydrogens (primary N) is 1. The van der Waals surface area contributed by atoms with Gasteiger partial charge in [-0.05, 0) is 6.07 Å². The Bertz CT molecular complexity index is 453. The molecule has 0 bridgehead atoms. The van der Waals surface area contributed by atoms with Crippen LogP contribution < -0.4 is 16.4 Å². The molecule has 0 atom stereocenters. The van der Waals surface area contributed by atoms with Crippen molar-refractivity contribution in [3.05, 3.63) is 23.6 Å². The van der Waals surface area contributed by atoms with Crippen molar-refractivity contribution in [1.82, 2.24) is 10.3 Å². The smallest absolute Gasteiger partial charge is 0.404 e. The lowest BCUT2D eigenvalue weighted by Crippen LogP contribution is -2.29. The minimum Gasteiger partial charge on any atom is -0.448 e. The predicted molar refractivity (Wildman–Crippen MR) is 61.6 cm³/mol. The van der Waals surface area contributed by atoms with Crippen molar-refractivity contribution in [3.63, 3.8) is 0 Å². The van der Waals surface area contributed by atoms with Gasteiger partial charge in [-0.2, -0.15) is 0 Å². The maximum absolute atomic E-state index is 13.0. The first-order valence-electron chi connectivity index (χ1n) is 5.08. The van der Waals surface area contributed by atoms with Crippen molar-refractivity contribution in [2.45, 2.75) is 0 Å². The Hall–Kier alpha value is -2.38. The summed E-state index contributed by atoms with van der Waals surface area (Å²) in [4.78, 5) is 25.7. The van der Waals surface area contributed by atoms with Gasteiger partial charge in [0, 0.05) is 7.05 Å². The van der Waals surface area contributed by atoms with Crippen LogP contribution in [0.25, 0.3) is 0 Å². The second-order valence-electron chi connectivity index (χ2n) is 3.22. The van der Waals surface area contributed by atoms with Gasteiger partial charge in [-0.3, -0.25) is 4.79 Å². The fourth-order valence-electron chi connectivity index (χ4n) is 1.22. The molecule has 1 aromatic rings. The first kappa shape index (κ1) is 13.7. The number of primary amides is 1. The Labute approximate surface area is 103 Å². The van der Waals surface area contributed by atoms with Gasteiger partial charge >= 0.3 is 6.09 Å². The van der Waals surface area contributed by atoms with Crippen LogP contribution in [0, 0.1) is 5.82 Å². The predicted octanol–water partition coefficient (Wildman–Crippen LogP) is 0.0875. The van der Waals surface area contributed by atoms with E-state index in [0.29, 0.717) is 0 Å². The summed E-state index contributed by atoms with van der Waals surface area (Å²) in [5.41, 5.74) is 4.81. The van der Waals surface area contributed by atoms with Gasteiger partial charge < -0.3 is 21.1 Å². The lowest BCUT2D eigenvalue weighted by atomic mass is 10.2. The van der Waals surface area contributed by atoms with E-state index in [-0.39, 0.29) is 24.5 Å². The molecule has 0 aliphatic rings. The van der Waals surface area contributed by atoms with Crippen molar-refractivity contribution in [1.29, 1.82) is 0 Å². The highest BCUT2D eigenvalue weighted by molar-refractivity contribution is 5.98. The number of amides is 2. The van der Waals surface area contributed by atoms with Crippen molar-refractivity contribution in [3.8, 4) is 0 Å². The van der Waals surface area contributed by atoms with Crippen molar-refractivity contribution in [2.75, 3.05) is 25.5 Å². The molecule has 0 spiro atoms. The van der Waals surface area contributed by atoms with Crippen LogP contribution in [0.15, 0.2) is 12.3 Å². The molecule has 0 unspecified atom stereocenters.